The number of aromatic nitrogens is 2. The molecule has 0 radical (unpaired) electrons. The third kappa shape index (κ3) is 1.57. The molecule has 3 unspecified atom stereocenters. The predicted octanol–water partition coefficient (Wildman–Crippen LogP) is 1.09. The zero-order valence-corrected chi connectivity index (χ0v) is 9.72. The van der Waals surface area contributed by atoms with E-state index in [1.165, 1.54) is 12.0 Å². The first-order chi connectivity index (χ1) is 7.69. The summed E-state index contributed by atoms with van der Waals surface area (Å²) >= 11 is 0. The minimum atomic E-state index is -0.148. The lowest BCUT2D eigenvalue weighted by Gasteiger charge is -2.30. The summed E-state index contributed by atoms with van der Waals surface area (Å²) < 4.78 is 7.79. The standard InChI is InChI=1S/C12H19N3O/c1-2-15-8-9(7-14-15)5-12(13)6-10-3-4-11(12)16-10/h7-8,10-11H,2-6,13H2,1H3. The van der Waals surface area contributed by atoms with Crippen LogP contribution >= 0.6 is 0 Å². The smallest absolute Gasteiger partial charge is 0.0763 e. The molecule has 2 N–H and O–H groups in total. The van der Waals surface area contributed by atoms with Gasteiger partial charge < -0.3 is 10.5 Å². The molecule has 4 heteroatoms. The number of hydrogen-bond acceptors (Lipinski definition) is 3. The average molecular weight is 221 g/mol. The third-order valence-corrected chi connectivity index (χ3v) is 3.90. The molecule has 16 heavy (non-hydrogen) atoms. The molecular weight excluding hydrogens is 202 g/mol. The molecule has 0 aliphatic carbocycles. The van der Waals surface area contributed by atoms with Crippen LogP contribution < -0.4 is 5.73 Å². The molecule has 0 spiro atoms. The molecule has 3 rings (SSSR count). The molecule has 2 bridgehead atoms. The van der Waals surface area contributed by atoms with Crippen molar-refractivity contribution in [1.82, 2.24) is 9.78 Å². The van der Waals surface area contributed by atoms with Crippen LogP contribution in [-0.4, -0.2) is 27.5 Å². The van der Waals surface area contributed by atoms with E-state index < -0.39 is 0 Å². The number of nitrogens with zero attached hydrogens (tertiary/aromatic N) is 2. The molecule has 3 atom stereocenters. The van der Waals surface area contributed by atoms with Crippen LogP contribution in [0.5, 0.6) is 0 Å². The van der Waals surface area contributed by atoms with Crippen LogP contribution in [0, 0.1) is 0 Å². The molecule has 1 aromatic heterocycles. The second-order valence-electron chi connectivity index (χ2n) is 5.14. The largest absolute Gasteiger partial charge is 0.373 e. The third-order valence-electron chi connectivity index (χ3n) is 3.90. The van der Waals surface area contributed by atoms with Crippen molar-refractivity contribution in [3.63, 3.8) is 0 Å². The van der Waals surface area contributed by atoms with Crippen LogP contribution in [0.2, 0.25) is 0 Å². The number of rotatable bonds is 3. The number of fused-ring (bicyclic) bond motifs is 2. The van der Waals surface area contributed by atoms with Crippen molar-refractivity contribution in [2.45, 2.75) is 56.9 Å². The molecule has 88 valence electrons. The van der Waals surface area contributed by atoms with Crippen LogP contribution in [0.3, 0.4) is 0 Å². The van der Waals surface area contributed by atoms with E-state index in [0.717, 1.165) is 25.8 Å². The van der Waals surface area contributed by atoms with Gasteiger partial charge in [0.15, 0.2) is 0 Å². The second kappa shape index (κ2) is 3.57. The van der Waals surface area contributed by atoms with Crippen molar-refractivity contribution in [3.05, 3.63) is 18.0 Å². The molecule has 0 aromatic carbocycles. The lowest BCUT2D eigenvalue weighted by atomic mass is 9.79. The molecular formula is C12H19N3O. The van der Waals surface area contributed by atoms with Gasteiger partial charge in [-0.3, -0.25) is 4.68 Å². The van der Waals surface area contributed by atoms with Crippen LogP contribution in [-0.2, 0) is 17.7 Å². The first-order valence-electron chi connectivity index (χ1n) is 6.15. The zero-order valence-electron chi connectivity index (χ0n) is 9.72. The maximum atomic E-state index is 6.46. The highest BCUT2D eigenvalue weighted by atomic mass is 16.5. The number of ether oxygens (including phenoxy) is 1. The Bertz CT molecular complexity index is 389. The van der Waals surface area contributed by atoms with Gasteiger partial charge in [0, 0.05) is 18.3 Å². The predicted molar refractivity (Wildman–Crippen MR) is 61.0 cm³/mol. The van der Waals surface area contributed by atoms with E-state index in [0.29, 0.717) is 6.10 Å². The Labute approximate surface area is 95.8 Å². The van der Waals surface area contributed by atoms with Crippen LogP contribution in [0.4, 0.5) is 0 Å². The Morgan fingerprint density at radius 2 is 2.50 bits per heavy atom. The Kier molecular flexibility index (Phi) is 2.30. The highest BCUT2D eigenvalue weighted by Crippen LogP contribution is 2.41. The van der Waals surface area contributed by atoms with Gasteiger partial charge in [0.1, 0.15) is 0 Å². The molecule has 3 heterocycles. The van der Waals surface area contributed by atoms with Crippen molar-refractivity contribution in [2.24, 2.45) is 5.73 Å². The minimum Gasteiger partial charge on any atom is -0.373 e. The molecule has 0 saturated carbocycles. The molecule has 2 saturated heterocycles. The summed E-state index contributed by atoms with van der Waals surface area (Å²) in [6.07, 6.45) is 8.94. The number of aryl methyl sites for hydroxylation is 1. The highest BCUT2D eigenvalue weighted by molar-refractivity contribution is 5.15. The van der Waals surface area contributed by atoms with Crippen molar-refractivity contribution < 1.29 is 4.74 Å². The molecule has 2 aliphatic heterocycles. The maximum Gasteiger partial charge on any atom is 0.0763 e. The van der Waals surface area contributed by atoms with E-state index >= 15 is 0 Å². The summed E-state index contributed by atoms with van der Waals surface area (Å²) in [7, 11) is 0. The number of nitrogens with two attached hydrogens (primary N) is 1. The molecule has 4 nitrogen and oxygen atoms in total. The summed E-state index contributed by atoms with van der Waals surface area (Å²) in [5.74, 6) is 0. The first kappa shape index (κ1) is 10.3. The van der Waals surface area contributed by atoms with Gasteiger partial charge in [-0.2, -0.15) is 5.10 Å². The fourth-order valence-corrected chi connectivity index (χ4v) is 3.07. The lowest BCUT2D eigenvalue weighted by Crippen LogP contribution is -2.50. The lowest BCUT2D eigenvalue weighted by molar-refractivity contribution is 0.0856. The van der Waals surface area contributed by atoms with E-state index in [1.54, 1.807) is 0 Å². The fraction of sp³-hybridized carbons (Fsp3) is 0.750. The fourth-order valence-electron chi connectivity index (χ4n) is 3.07. The Balaban J connectivity index is 1.74. The van der Waals surface area contributed by atoms with Gasteiger partial charge in [0.25, 0.3) is 0 Å². The summed E-state index contributed by atoms with van der Waals surface area (Å²) in [6, 6.07) is 0. The van der Waals surface area contributed by atoms with Crippen LogP contribution in [0.25, 0.3) is 0 Å². The van der Waals surface area contributed by atoms with Gasteiger partial charge >= 0.3 is 0 Å². The van der Waals surface area contributed by atoms with Crippen molar-refractivity contribution in [2.75, 3.05) is 0 Å². The van der Waals surface area contributed by atoms with Crippen LogP contribution in [0.1, 0.15) is 31.7 Å². The summed E-state index contributed by atoms with van der Waals surface area (Å²) in [5.41, 5.74) is 7.55. The number of hydrogen-bond donors (Lipinski definition) is 1. The molecule has 2 fully saturated rings. The summed E-state index contributed by atoms with van der Waals surface area (Å²) in [4.78, 5) is 0. The average Bonchev–Trinajstić information content (AvgIpc) is 2.92. The van der Waals surface area contributed by atoms with E-state index in [1.807, 2.05) is 10.9 Å². The van der Waals surface area contributed by atoms with Gasteiger partial charge in [-0.25, -0.2) is 0 Å². The molecule has 2 aliphatic rings. The Morgan fingerprint density at radius 3 is 3.06 bits per heavy atom. The minimum absolute atomic E-state index is 0.148. The van der Waals surface area contributed by atoms with E-state index in [4.69, 9.17) is 10.5 Å². The second-order valence-corrected chi connectivity index (χ2v) is 5.14. The zero-order chi connectivity index (χ0) is 11.2. The van der Waals surface area contributed by atoms with E-state index in [2.05, 4.69) is 18.2 Å². The van der Waals surface area contributed by atoms with E-state index in [9.17, 15) is 0 Å². The molecule has 0 amide bonds. The molecule has 1 aromatic rings. The van der Waals surface area contributed by atoms with Gasteiger partial charge in [-0.05, 0) is 38.2 Å². The van der Waals surface area contributed by atoms with Crippen LogP contribution in [0.15, 0.2) is 12.4 Å². The van der Waals surface area contributed by atoms with Gasteiger partial charge in [-0.1, -0.05) is 0 Å². The first-order valence-corrected chi connectivity index (χ1v) is 6.15. The van der Waals surface area contributed by atoms with Crippen molar-refractivity contribution in [1.29, 1.82) is 0 Å². The SMILES string of the molecule is CCn1cc(CC2(N)CC3CCC2O3)cn1. The Hall–Kier alpha value is -0.870. The van der Waals surface area contributed by atoms with Crippen molar-refractivity contribution in [3.8, 4) is 0 Å². The summed E-state index contributed by atoms with van der Waals surface area (Å²) in [6.45, 7) is 3.01. The topological polar surface area (TPSA) is 53.1 Å². The van der Waals surface area contributed by atoms with Gasteiger partial charge in [0.2, 0.25) is 0 Å². The quantitative estimate of drug-likeness (QED) is 0.831. The van der Waals surface area contributed by atoms with Gasteiger partial charge in [-0.15, -0.1) is 0 Å². The maximum absolute atomic E-state index is 6.46. The normalized spacial score (nSPS) is 37.1. The highest BCUT2D eigenvalue weighted by Gasteiger charge is 2.49. The monoisotopic (exact) mass is 221 g/mol. The van der Waals surface area contributed by atoms with Gasteiger partial charge in [0.05, 0.1) is 18.4 Å². The van der Waals surface area contributed by atoms with E-state index in [-0.39, 0.29) is 11.6 Å². The Morgan fingerprint density at radius 1 is 1.62 bits per heavy atom. The van der Waals surface area contributed by atoms with Crippen molar-refractivity contribution >= 4 is 0 Å². The summed E-state index contributed by atoms with van der Waals surface area (Å²) in [5, 5.41) is 4.29.